The van der Waals surface area contributed by atoms with Crippen molar-refractivity contribution in [2.75, 3.05) is 0 Å². The van der Waals surface area contributed by atoms with Gasteiger partial charge < -0.3 is 4.74 Å². The number of rotatable bonds is 1. The Balaban J connectivity index is 2.20. The lowest BCUT2D eigenvalue weighted by atomic mass is 9.79. The summed E-state index contributed by atoms with van der Waals surface area (Å²) in [5.74, 6) is 0.469. The van der Waals surface area contributed by atoms with E-state index < -0.39 is 0 Å². The molecule has 0 aromatic carbocycles. The van der Waals surface area contributed by atoms with Crippen LogP contribution in [0.1, 0.15) is 66.7 Å². The van der Waals surface area contributed by atoms with Gasteiger partial charge in [0.25, 0.3) is 0 Å². The van der Waals surface area contributed by atoms with Crippen LogP contribution in [0.4, 0.5) is 0 Å². The molecule has 2 rings (SSSR count). The van der Waals surface area contributed by atoms with E-state index in [-0.39, 0.29) is 28.8 Å². The highest BCUT2D eigenvalue weighted by atomic mass is 16.5. The fraction of sp³-hybridized carbons (Fsp3) is 0.778. The Morgan fingerprint density at radius 3 is 2.57 bits per heavy atom. The smallest absolute Gasteiger partial charge is 0.303 e. The van der Waals surface area contributed by atoms with Gasteiger partial charge in [0.1, 0.15) is 11.9 Å². The molecule has 2 aliphatic carbocycles. The molecule has 0 saturated heterocycles. The molecule has 0 aliphatic heterocycles. The van der Waals surface area contributed by atoms with Crippen LogP contribution in [-0.4, -0.2) is 17.9 Å². The minimum absolute atomic E-state index is 0.0857. The van der Waals surface area contributed by atoms with Crippen molar-refractivity contribution in [3.05, 3.63) is 11.6 Å². The van der Waals surface area contributed by atoms with Gasteiger partial charge in [-0.15, -0.1) is 0 Å². The second kappa shape index (κ2) is 5.58. The van der Waals surface area contributed by atoms with E-state index in [2.05, 4.69) is 33.8 Å². The molecule has 0 N–H and O–H groups in total. The average molecular weight is 292 g/mol. The number of hydrogen-bond donors (Lipinski definition) is 0. The van der Waals surface area contributed by atoms with E-state index in [0.717, 1.165) is 32.1 Å². The quantitative estimate of drug-likeness (QED) is 0.540. The second-order valence-electron chi connectivity index (χ2n) is 7.76. The number of esters is 1. The molecule has 0 heterocycles. The van der Waals surface area contributed by atoms with Gasteiger partial charge in [-0.25, -0.2) is 0 Å². The summed E-state index contributed by atoms with van der Waals surface area (Å²) in [6.45, 7) is 9.97. The summed E-state index contributed by atoms with van der Waals surface area (Å²) in [6.07, 6.45) is 6.71. The lowest BCUT2D eigenvalue weighted by Gasteiger charge is -2.32. The van der Waals surface area contributed by atoms with Crippen LogP contribution in [0.3, 0.4) is 0 Å². The van der Waals surface area contributed by atoms with Gasteiger partial charge in [0.2, 0.25) is 0 Å². The molecule has 0 amide bonds. The molecule has 2 aliphatic rings. The highest BCUT2D eigenvalue weighted by Crippen LogP contribution is 2.55. The molecular formula is C18H28O3. The molecule has 0 bridgehead atoms. The van der Waals surface area contributed by atoms with Crippen molar-refractivity contribution < 1.29 is 14.3 Å². The van der Waals surface area contributed by atoms with Crippen LogP contribution in [0.2, 0.25) is 0 Å². The minimum Gasteiger partial charge on any atom is -0.458 e. The Morgan fingerprint density at radius 1 is 1.29 bits per heavy atom. The number of Topliss-reactive ketones (excluding diaryl/α,β-unsaturated/α-hetero) is 1. The fourth-order valence-corrected chi connectivity index (χ4v) is 3.64. The highest BCUT2D eigenvalue weighted by molar-refractivity contribution is 6.03. The lowest BCUT2D eigenvalue weighted by Crippen LogP contribution is -2.32. The van der Waals surface area contributed by atoms with Crippen molar-refractivity contribution in [2.45, 2.75) is 72.8 Å². The molecule has 1 fully saturated rings. The van der Waals surface area contributed by atoms with Crippen LogP contribution >= 0.6 is 0 Å². The number of hydrogen-bond acceptors (Lipinski definition) is 3. The van der Waals surface area contributed by atoms with Gasteiger partial charge in [0.05, 0.1) is 0 Å². The summed E-state index contributed by atoms with van der Waals surface area (Å²) in [5, 5.41) is 0. The third-order valence-electron chi connectivity index (χ3n) is 5.41. The lowest BCUT2D eigenvalue weighted by molar-refractivity contribution is -0.149. The summed E-state index contributed by atoms with van der Waals surface area (Å²) < 4.78 is 5.55. The first-order valence-electron chi connectivity index (χ1n) is 8.06. The monoisotopic (exact) mass is 292 g/mol. The summed E-state index contributed by atoms with van der Waals surface area (Å²) in [4.78, 5) is 23.4. The average Bonchev–Trinajstić information content (AvgIpc) is 2.86. The number of ketones is 1. The Hall–Kier alpha value is -1.12. The molecule has 3 atom stereocenters. The number of allylic oxidation sites excluding steroid dienone is 1. The molecule has 1 saturated carbocycles. The van der Waals surface area contributed by atoms with E-state index in [0.29, 0.717) is 5.78 Å². The van der Waals surface area contributed by atoms with Crippen molar-refractivity contribution in [3.63, 3.8) is 0 Å². The Labute approximate surface area is 128 Å². The van der Waals surface area contributed by atoms with Crippen molar-refractivity contribution in [1.82, 2.24) is 0 Å². The van der Waals surface area contributed by atoms with E-state index in [4.69, 9.17) is 4.74 Å². The maximum atomic E-state index is 12.0. The third kappa shape index (κ3) is 3.38. The molecule has 118 valence electrons. The first-order valence-corrected chi connectivity index (χ1v) is 8.06. The minimum atomic E-state index is -0.225. The molecule has 0 radical (unpaired) electrons. The number of carbonyl (C=O) groups is 2. The zero-order valence-electron chi connectivity index (χ0n) is 14.0. The third-order valence-corrected chi connectivity index (χ3v) is 5.41. The van der Waals surface area contributed by atoms with Gasteiger partial charge in [0, 0.05) is 23.7 Å². The van der Waals surface area contributed by atoms with Crippen LogP contribution < -0.4 is 0 Å². The van der Waals surface area contributed by atoms with E-state index in [1.165, 1.54) is 12.5 Å². The molecule has 3 heteroatoms. The van der Waals surface area contributed by atoms with Crippen molar-refractivity contribution in [3.8, 4) is 0 Å². The molecule has 3 nitrogen and oxygen atoms in total. The Kier molecular flexibility index (Phi) is 4.32. The standard InChI is InChI=1S/C18H28O3/c1-12-7-8-14-16(20)18(14,5)10-6-9-17(3,4)15(11-12)21-13(2)19/h11,14-15H,6-10H2,1-5H3/b12-11-/t14-,15?,18+/m1/s1. The van der Waals surface area contributed by atoms with Gasteiger partial charge >= 0.3 is 5.97 Å². The topological polar surface area (TPSA) is 43.4 Å². The molecule has 0 aromatic rings. The number of fused-ring (bicyclic) bond motifs is 1. The SMILES string of the molecule is CC(=O)OC1/C=C(/C)CC[C@@H]2C(=O)[C@@]2(C)CCCC1(C)C. The maximum absolute atomic E-state index is 12.0. The van der Waals surface area contributed by atoms with Crippen LogP contribution in [0.25, 0.3) is 0 Å². The second-order valence-corrected chi connectivity index (χ2v) is 7.76. The van der Waals surface area contributed by atoms with Gasteiger partial charge in [-0.05, 0) is 38.7 Å². The predicted molar refractivity (Wildman–Crippen MR) is 82.8 cm³/mol. The van der Waals surface area contributed by atoms with Crippen molar-refractivity contribution in [2.24, 2.45) is 16.7 Å². The van der Waals surface area contributed by atoms with Crippen LogP contribution in [-0.2, 0) is 14.3 Å². The zero-order valence-corrected chi connectivity index (χ0v) is 14.0. The predicted octanol–water partition coefficient (Wildman–Crippen LogP) is 4.06. The van der Waals surface area contributed by atoms with Crippen molar-refractivity contribution >= 4 is 11.8 Å². The largest absolute Gasteiger partial charge is 0.458 e. The van der Waals surface area contributed by atoms with Gasteiger partial charge in [-0.1, -0.05) is 32.8 Å². The van der Waals surface area contributed by atoms with E-state index >= 15 is 0 Å². The highest BCUT2D eigenvalue weighted by Gasteiger charge is 2.59. The molecular weight excluding hydrogens is 264 g/mol. The summed E-state index contributed by atoms with van der Waals surface area (Å²) in [7, 11) is 0. The van der Waals surface area contributed by atoms with E-state index in [1.807, 2.05) is 0 Å². The summed E-state index contributed by atoms with van der Waals surface area (Å²) in [5.41, 5.74) is 1.04. The van der Waals surface area contributed by atoms with Crippen LogP contribution in [0.15, 0.2) is 11.6 Å². The maximum Gasteiger partial charge on any atom is 0.303 e. The van der Waals surface area contributed by atoms with Gasteiger partial charge in [-0.2, -0.15) is 0 Å². The first-order chi connectivity index (χ1) is 9.67. The van der Waals surface area contributed by atoms with Crippen LogP contribution in [0, 0.1) is 16.7 Å². The van der Waals surface area contributed by atoms with E-state index in [1.54, 1.807) is 0 Å². The van der Waals surface area contributed by atoms with Crippen LogP contribution in [0.5, 0.6) is 0 Å². The number of carbonyl (C=O) groups excluding carboxylic acids is 2. The molecule has 0 spiro atoms. The number of ether oxygens (including phenoxy) is 1. The zero-order chi connectivity index (χ0) is 15.8. The van der Waals surface area contributed by atoms with Gasteiger partial charge in [-0.3, -0.25) is 9.59 Å². The van der Waals surface area contributed by atoms with E-state index in [9.17, 15) is 9.59 Å². The van der Waals surface area contributed by atoms with Gasteiger partial charge in [0.15, 0.2) is 0 Å². The molecule has 1 unspecified atom stereocenters. The Bertz CT molecular complexity index is 475. The molecule has 0 aromatic heterocycles. The summed E-state index contributed by atoms with van der Waals surface area (Å²) >= 11 is 0. The summed E-state index contributed by atoms with van der Waals surface area (Å²) in [6, 6.07) is 0. The Morgan fingerprint density at radius 2 is 1.95 bits per heavy atom. The fourth-order valence-electron chi connectivity index (χ4n) is 3.64. The van der Waals surface area contributed by atoms with Crippen molar-refractivity contribution in [1.29, 1.82) is 0 Å². The molecule has 21 heavy (non-hydrogen) atoms. The first kappa shape index (κ1) is 16.3. The normalized spacial score (nSPS) is 38.5.